The maximum Gasteiger partial charge on any atom is 0.251 e. The third-order valence-corrected chi connectivity index (χ3v) is 5.06. The van der Waals surface area contributed by atoms with Crippen LogP contribution in [0.2, 0.25) is 0 Å². The average molecular weight is 379 g/mol. The van der Waals surface area contributed by atoms with Crippen LogP contribution in [0, 0.1) is 6.92 Å². The van der Waals surface area contributed by atoms with Gasteiger partial charge in [0.25, 0.3) is 5.91 Å². The molecule has 1 heterocycles. The van der Waals surface area contributed by atoms with Gasteiger partial charge < -0.3 is 15.1 Å². The molecular weight excluding hydrogens is 354 g/mol. The van der Waals surface area contributed by atoms with Crippen LogP contribution in [0.5, 0.6) is 0 Å². The zero-order valence-corrected chi connectivity index (χ0v) is 16.7. The number of nitrogens with one attached hydrogen (secondary N) is 1. The molecule has 2 aromatic carbocycles. The van der Waals surface area contributed by atoms with E-state index in [9.17, 15) is 14.4 Å². The zero-order chi connectivity index (χ0) is 20.4. The van der Waals surface area contributed by atoms with Crippen LogP contribution in [-0.2, 0) is 11.2 Å². The quantitative estimate of drug-likeness (QED) is 0.784. The molecule has 1 aliphatic heterocycles. The number of anilines is 2. The number of nitrogens with zero attached hydrogens (tertiary/aromatic N) is 2. The maximum atomic E-state index is 12.4. The molecule has 0 spiro atoms. The molecule has 1 aliphatic rings. The van der Waals surface area contributed by atoms with Crippen molar-refractivity contribution in [2.24, 2.45) is 0 Å². The van der Waals surface area contributed by atoms with Crippen LogP contribution in [0.25, 0.3) is 0 Å². The molecule has 0 atom stereocenters. The first-order valence-electron chi connectivity index (χ1n) is 9.27. The van der Waals surface area contributed by atoms with Crippen molar-refractivity contribution in [1.29, 1.82) is 0 Å². The van der Waals surface area contributed by atoms with E-state index in [1.165, 1.54) is 0 Å². The standard InChI is InChI=1S/C22H25N3O3/c1-14-11-16(6-7-18(14)24(2)3)22(28)23-10-9-20(26)15-5-8-19-17(12-15)13-21(27)25(19)4/h5-8,11-12H,9-10,13H2,1-4H3,(H,23,28). The molecule has 0 aromatic heterocycles. The Morgan fingerprint density at radius 3 is 2.50 bits per heavy atom. The molecule has 0 saturated heterocycles. The van der Waals surface area contributed by atoms with Crippen LogP contribution in [0.15, 0.2) is 36.4 Å². The summed E-state index contributed by atoms with van der Waals surface area (Å²) >= 11 is 0. The van der Waals surface area contributed by atoms with Gasteiger partial charge in [0.15, 0.2) is 5.78 Å². The number of hydrogen-bond donors (Lipinski definition) is 1. The second-order valence-corrected chi connectivity index (χ2v) is 7.30. The first-order valence-corrected chi connectivity index (χ1v) is 9.27. The molecule has 1 N–H and O–H groups in total. The van der Waals surface area contributed by atoms with Crippen LogP contribution in [0.4, 0.5) is 11.4 Å². The van der Waals surface area contributed by atoms with Gasteiger partial charge in [-0.05, 0) is 54.4 Å². The summed E-state index contributed by atoms with van der Waals surface area (Å²) < 4.78 is 0. The minimum absolute atomic E-state index is 0.0300. The number of Topliss-reactive ketones (excluding diaryl/α,β-unsaturated/α-hetero) is 1. The van der Waals surface area contributed by atoms with Crippen molar-refractivity contribution >= 4 is 29.0 Å². The number of fused-ring (bicyclic) bond motifs is 1. The molecular formula is C22H25N3O3. The smallest absolute Gasteiger partial charge is 0.251 e. The van der Waals surface area contributed by atoms with Crippen molar-refractivity contribution in [3.05, 3.63) is 58.7 Å². The number of rotatable bonds is 6. The van der Waals surface area contributed by atoms with E-state index in [0.29, 0.717) is 17.5 Å². The fourth-order valence-electron chi connectivity index (χ4n) is 3.48. The van der Waals surface area contributed by atoms with Gasteiger partial charge in [-0.15, -0.1) is 0 Å². The Kier molecular flexibility index (Phi) is 5.49. The molecule has 0 radical (unpaired) electrons. The summed E-state index contributed by atoms with van der Waals surface area (Å²) in [6, 6.07) is 10.9. The minimum Gasteiger partial charge on any atom is -0.377 e. The molecule has 146 valence electrons. The van der Waals surface area contributed by atoms with Gasteiger partial charge in [0.1, 0.15) is 0 Å². The second kappa shape index (κ2) is 7.84. The van der Waals surface area contributed by atoms with Gasteiger partial charge in [-0.25, -0.2) is 0 Å². The minimum atomic E-state index is -0.192. The van der Waals surface area contributed by atoms with Gasteiger partial charge >= 0.3 is 0 Å². The van der Waals surface area contributed by atoms with Crippen LogP contribution >= 0.6 is 0 Å². The fraction of sp³-hybridized carbons (Fsp3) is 0.318. The molecule has 2 aromatic rings. The lowest BCUT2D eigenvalue weighted by Crippen LogP contribution is -2.26. The SMILES string of the molecule is Cc1cc(C(=O)NCCC(=O)c2ccc3c(c2)CC(=O)N3C)ccc1N(C)C. The number of carbonyl (C=O) groups excluding carboxylic acids is 3. The Labute approximate surface area is 165 Å². The van der Waals surface area contributed by atoms with E-state index in [1.54, 1.807) is 36.2 Å². The topological polar surface area (TPSA) is 69.7 Å². The predicted molar refractivity (Wildman–Crippen MR) is 110 cm³/mol. The molecule has 0 aliphatic carbocycles. The Balaban J connectivity index is 1.57. The van der Waals surface area contributed by atoms with E-state index in [-0.39, 0.29) is 30.6 Å². The highest BCUT2D eigenvalue weighted by Crippen LogP contribution is 2.28. The van der Waals surface area contributed by atoms with E-state index in [0.717, 1.165) is 22.5 Å². The van der Waals surface area contributed by atoms with Crippen molar-refractivity contribution in [3.63, 3.8) is 0 Å². The van der Waals surface area contributed by atoms with Crippen molar-refractivity contribution in [2.75, 3.05) is 37.5 Å². The van der Waals surface area contributed by atoms with Crippen LogP contribution in [-0.4, -0.2) is 45.3 Å². The summed E-state index contributed by atoms with van der Waals surface area (Å²) in [5, 5.41) is 2.81. The molecule has 0 unspecified atom stereocenters. The van der Waals surface area contributed by atoms with E-state index >= 15 is 0 Å². The molecule has 0 fully saturated rings. The van der Waals surface area contributed by atoms with Crippen LogP contribution in [0.3, 0.4) is 0 Å². The van der Waals surface area contributed by atoms with Crippen molar-refractivity contribution < 1.29 is 14.4 Å². The van der Waals surface area contributed by atoms with Gasteiger partial charge in [0.05, 0.1) is 6.42 Å². The molecule has 28 heavy (non-hydrogen) atoms. The average Bonchev–Trinajstić information content (AvgIpc) is 2.94. The van der Waals surface area contributed by atoms with Gasteiger partial charge in [0.2, 0.25) is 5.91 Å². The lowest BCUT2D eigenvalue weighted by atomic mass is 10.0. The van der Waals surface area contributed by atoms with Gasteiger partial charge in [-0.2, -0.15) is 0 Å². The highest BCUT2D eigenvalue weighted by molar-refractivity contribution is 6.03. The fourth-order valence-corrected chi connectivity index (χ4v) is 3.48. The number of hydrogen-bond acceptors (Lipinski definition) is 4. The van der Waals surface area contributed by atoms with E-state index < -0.39 is 0 Å². The van der Waals surface area contributed by atoms with Crippen LogP contribution in [0.1, 0.15) is 38.3 Å². The summed E-state index contributed by atoms with van der Waals surface area (Å²) in [5.74, 6) is -0.214. The molecule has 0 bridgehead atoms. The summed E-state index contributed by atoms with van der Waals surface area (Å²) in [5.41, 5.74) is 4.96. The summed E-state index contributed by atoms with van der Waals surface area (Å²) in [7, 11) is 5.65. The zero-order valence-electron chi connectivity index (χ0n) is 16.7. The number of carbonyl (C=O) groups is 3. The largest absolute Gasteiger partial charge is 0.377 e. The normalized spacial score (nSPS) is 12.7. The maximum absolute atomic E-state index is 12.4. The number of aryl methyl sites for hydroxylation is 1. The number of ketones is 1. The van der Waals surface area contributed by atoms with Crippen molar-refractivity contribution in [1.82, 2.24) is 5.32 Å². The summed E-state index contributed by atoms with van der Waals surface area (Å²) in [6.45, 7) is 2.23. The predicted octanol–water partition coefficient (Wildman–Crippen LogP) is 2.58. The van der Waals surface area contributed by atoms with E-state index in [4.69, 9.17) is 0 Å². The van der Waals surface area contributed by atoms with Crippen LogP contribution < -0.4 is 15.1 Å². The highest BCUT2D eigenvalue weighted by atomic mass is 16.2. The monoisotopic (exact) mass is 379 g/mol. The third kappa shape index (κ3) is 3.91. The Morgan fingerprint density at radius 2 is 1.82 bits per heavy atom. The number of likely N-dealkylation sites (N-methyl/N-ethyl adjacent to an activating group) is 1. The third-order valence-electron chi connectivity index (χ3n) is 5.06. The lowest BCUT2D eigenvalue weighted by Gasteiger charge is -2.16. The van der Waals surface area contributed by atoms with Gasteiger partial charge in [-0.1, -0.05) is 0 Å². The van der Waals surface area contributed by atoms with E-state index in [1.807, 2.05) is 38.1 Å². The van der Waals surface area contributed by atoms with Gasteiger partial charge in [-0.3, -0.25) is 14.4 Å². The molecule has 6 nitrogen and oxygen atoms in total. The second-order valence-electron chi connectivity index (χ2n) is 7.30. The number of benzene rings is 2. The Morgan fingerprint density at radius 1 is 1.11 bits per heavy atom. The highest BCUT2D eigenvalue weighted by Gasteiger charge is 2.24. The van der Waals surface area contributed by atoms with Gasteiger partial charge in [0, 0.05) is 56.6 Å². The molecule has 6 heteroatoms. The first-order chi connectivity index (χ1) is 13.3. The van der Waals surface area contributed by atoms with E-state index in [2.05, 4.69) is 5.32 Å². The molecule has 3 rings (SSSR count). The molecule has 2 amide bonds. The van der Waals surface area contributed by atoms with Crippen molar-refractivity contribution in [2.45, 2.75) is 19.8 Å². The number of amides is 2. The summed E-state index contributed by atoms with van der Waals surface area (Å²) in [4.78, 5) is 40.2. The Hall–Kier alpha value is -3.15. The van der Waals surface area contributed by atoms with Crippen molar-refractivity contribution in [3.8, 4) is 0 Å². The molecule has 0 saturated carbocycles. The Bertz CT molecular complexity index is 950. The first kappa shape index (κ1) is 19.6. The summed E-state index contributed by atoms with van der Waals surface area (Å²) in [6.07, 6.45) is 0.537. The lowest BCUT2D eigenvalue weighted by molar-refractivity contribution is -0.117.